The fourth-order valence-electron chi connectivity index (χ4n) is 3.97. The average molecular weight is 377 g/mol. The molecule has 0 saturated carbocycles. The van der Waals surface area contributed by atoms with E-state index < -0.39 is 11.0 Å². The van der Waals surface area contributed by atoms with Crippen LogP contribution >= 0.6 is 0 Å². The second-order valence-electron chi connectivity index (χ2n) is 8.43. The Morgan fingerprint density at radius 2 is 1.82 bits per heavy atom. The number of hydrogen-bond donors (Lipinski definition) is 0. The van der Waals surface area contributed by atoms with Gasteiger partial charge in [0.1, 0.15) is 5.60 Å². The smallest absolute Gasteiger partial charge is 0.411 e. The molecule has 1 heterocycles. The molecular formula is C24H28N2O2. The van der Waals surface area contributed by atoms with Crippen LogP contribution in [0.1, 0.15) is 56.3 Å². The lowest BCUT2D eigenvalue weighted by atomic mass is 9.75. The number of carbonyl (C=O) groups is 1. The van der Waals surface area contributed by atoms with Crippen LogP contribution in [0.4, 0.5) is 4.79 Å². The molecule has 2 atom stereocenters. The molecule has 1 saturated heterocycles. The molecule has 2 aromatic rings. The monoisotopic (exact) mass is 376 g/mol. The molecule has 3 rings (SSSR count). The Hall–Kier alpha value is -2.80. The van der Waals surface area contributed by atoms with Gasteiger partial charge in [0.25, 0.3) is 0 Å². The van der Waals surface area contributed by atoms with Crippen molar-refractivity contribution in [2.75, 3.05) is 6.54 Å². The Balaban J connectivity index is 1.88. The third kappa shape index (κ3) is 4.04. The van der Waals surface area contributed by atoms with Crippen molar-refractivity contribution in [3.05, 3.63) is 71.3 Å². The molecule has 146 valence electrons. The number of amides is 1. The second-order valence-corrected chi connectivity index (χ2v) is 8.43. The van der Waals surface area contributed by atoms with Crippen LogP contribution in [0.5, 0.6) is 0 Å². The van der Waals surface area contributed by atoms with Gasteiger partial charge in [-0.25, -0.2) is 4.79 Å². The highest BCUT2D eigenvalue weighted by Crippen LogP contribution is 2.44. The van der Waals surface area contributed by atoms with E-state index in [9.17, 15) is 10.1 Å². The fraction of sp³-hybridized carbons (Fsp3) is 0.417. The lowest BCUT2D eigenvalue weighted by Crippen LogP contribution is -2.50. The molecule has 1 fully saturated rings. The van der Waals surface area contributed by atoms with Crippen molar-refractivity contribution in [3.8, 4) is 6.07 Å². The van der Waals surface area contributed by atoms with Gasteiger partial charge in [-0.1, -0.05) is 60.2 Å². The Bertz CT molecular complexity index is 868. The van der Waals surface area contributed by atoms with Crippen molar-refractivity contribution in [2.45, 2.75) is 52.2 Å². The normalized spacial score (nSPS) is 21.0. The highest BCUT2D eigenvalue weighted by molar-refractivity contribution is 5.70. The summed E-state index contributed by atoms with van der Waals surface area (Å²) in [6.07, 6.45) is 0.806. The molecule has 4 heteroatoms. The molecule has 4 nitrogen and oxygen atoms in total. The molecule has 0 aromatic heterocycles. The summed E-state index contributed by atoms with van der Waals surface area (Å²) in [6.45, 7) is 8.46. The Labute approximate surface area is 167 Å². The fourth-order valence-corrected chi connectivity index (χ4v) is 3.97. The van der Waals surface area contributed by atoms with E-state index in [4.69, 9.17) is 4.74 Å². The summed E-state index contributed by atoms with van der Waals surface area (Å²) in [5, 5.41) is 9.56. The van der Waals surface area contributed by atoms with Gasteiger partial charge in [0.15, 0.2) is 0 Å². The molecule has 0 bridgehead atoms. The van der Waals surface area contributed by atoms with Crippen LogP contribution in [-0.2, 0) is 10.3 Å². The minimum Gasteiger partial charge on any atom is -0.438 e. The third-order valence-corrected chi connectivity index (χ3v) is 5.63. The predicted molar refractivity (Wildman–Crippen MR) is 110 cm³/mol. The average Bonchev–Trinajstić information content (AvgIpc) is 2.68. The van der Waals surface area contributed by atoms with E-state index in [1.165, 1.54) is 5.56 Å². The molecule has 0 radical (unpaired) electrons. The third-order valence-electron chi connectivity index (χ3n) is 5.63. The molecular weight excluding hydrogens is 348 g/mol. The summed E-state index contributed by atoms with van der Waals surface area (Å²) in [6, 6.07) is 20.4. The van der Waals surface area contributed by atoms with Crippen molar-refractivity contribution in [1.29, 1.82) is 5.26 Å². The number of nitrogens with zero attached hydrogens (tertiary/aromatic N) is 2. The lowest BCUT2D eigenvalue weighted by Gasteiger charge is -2.45. The number of rotatable bonds is 5. The number of benzene rings is 2. The first kappa shape index (κ1) is 19.9. The van der Waals surface area contributed by atoms with Gasteiger partial charge < -0.3 is 9.64 Å². The standard InChI is InChI=1S/C24H28N2O2/c1-18-10-12-20(13-11-18)19(2)26-15-14-24(28-22(26)27,16-23(3,4)17-25)21-8-6-5-7-9-21/h5-13,19H,14-16H2,1-4H3/t19-,24-/m0/s1. The molecule has 1 aliphatic rings. The summed E-state index contributed by atoms with van der Waals surface area (Å²) >= 11 is 0. The van der Waals surface area contributed by atoms with Crippen molar-refractivity contribution < 1.29 is 9.53 Å². The van der Waals surface area contributed by atoms with E-state index in [0.717, 1.165) is 11.1 Å². The SMILES string of the molecule is Cc1ccc([C@H](C)N2CC[C@](CC(C)(C)C#N)(c3ccccc3)OC2=O)cc1. The maximum atomic E-state index is 13.1. The highest BCUT2D eigenvalue weighted by Gasteiger charge is 2.46. The van der Waals surface area contributed by atoms with E-state index in [2.05, 4.69) is 37.3 Å². The predicted octanol–water partition coefficient (Wildman–Crippen LogP) is 5.73. The minimum absolute atomic E-state index is 0.0640. The quantitative estimate of drug-likeness (QED) is 0.669. The number of hydrogen-bond acceptors (Lipinski definition) is 3. The Morgan fingerprint density at radius 1 is 1.18 bits per heavy atom. The topological polar surface area (TPSA) is 53.3 Å². The maximum absolute atomic E-state index is 13.1. The zero-order valence-electron chi connectivity index (χ0n) is 17.1. The largest absolute Gasteiger partial charge is 0.438 e. The van der Waals surface area contributed by atoms with Crippen molar-refractivity contribution >= 4 is 6.09 Å². The molecule has 0 unspecified atom stereocenters. The first-order valence-corrected chi connectivity index (χ1v) is 9.79. The second kappa shape index (κ2) is 7.67. The van der Waals surface area contributed by atoms with Crippen LogP contribution in [0.25, 0.3) is 0 Å². The van der Waals surface area contributed by atoms with Gasteiger partial charge in [-0.15, -0.1) is 0 Å². The van der Waals surface area contributed by atoms with Crippen LogP contribution < -0.4 is 0 Å². The van der Waals surface area contributed by atoms with Crippen molar-refractivity contribution in [1.82, 2.24) is 4.90 Å². The number of cyclic esters (lactones) is 1. The molecule has 0 aliphatic carbocycles. The molecule has 0 N–H and O–H groups in total. The van der Waals surface area contributed by atoms with Crippen LogP contribution in [0.2, 0.25) is 0 Å². The Kier molecular flexibility index (Phi) is 5.47. The van der Waals surface area contributed by atoms with Crippen LogP contribution in [0, 0.1) is 23.7 Å². The maximum Gasteiger partial charge on any atom is 0.411 e. The van der Waals surface area contributed by atoms with Gasteiger partial charge in [-0.05, 0) is 38.8 Å². The van der Waals surface area contributed by atoms with Crippen molar-refractivity contribution in [3.63, 3.8) is 0 Å². The van der Waals surface area contributed by atoms with Gasteiger partial charge in [-0.2, -0.15) is 5.26 Å². The van der Waals surface area contributed by atoms with E-state index in [1.807, 2.05) is 51.1 Å². The molecule has 28 heavy (non-hydrogen) atoms. The zero-order chi connectivity index (χ0) is 20.4. The number of aryl methyl sites for hydroxylation is 1. The van der Waals surface area contributed by atoms with E-state index in [1.54, 1.807) is 4.90 Å². The van der Waals surface area contributed by atoms with Gasteiger partial charge in [0.05, 0.1) is 17.5 Å². The molecule has 1 amide bonds. The summed E-state index contributed by atoms with van der Waals surface area (Å²) in [4.78, 5) is 14.8. The van der Waals surface area contributed by atoms with Gasteiger partial charge in [0, 0.05) is 19.4 Å². The molecule has 2 aromatic carbocycles. The van der Waals surface area contributed by atoms with Gasteiger partial charge in [-0.3, -0.25) is 0 Å². The Morgan fingerprint density at radius 3 is 2.39 bits per heavy atom. The summed E-state index contributed by atoms with van der Waals surface area (Å²) in [5.41, 5.74) is 1.86. The molecule has 1 aliphatic heterocycles. The van der Waals surface area contributed by atoms with E-state index in [0.29, 0.717) is 19.4 Å². The first-order chi connectivity index (χ1) is 13.3. The van der Waals surface area contributed by atoms with Gasteiger partial charge in [0.2, 0.25) is 0 Å². The summed E-state index contributed by atoms with van der Waals surface area (Å²) in [7, 11) is 0. The first-order valence-electron chi connectivity index (χ1n) is 9.79. The van der Waals surface area contributed by atoms with E-state index >= 15 is 0 Å². The summed E-state index contributed by atoms with van der Waals surface area (Å²) in [5.74, 6) is 0. The highest BCUT2D eigenvalue weighted by atomic mass is 16.6. The van der Waals surface area contributed by atoms with Crippen LogP contribution in [0.3, 0.4) is 0 Å². The number of ether oxygens (including phenoxy) is 1. The van der Waals surface area contributed by atoms with E-state index in [-0.39, 0.29) is 12.1 Å². The molecule has 0 spiro atoms. The minimum atomic E-state index is -0.777. The zero-order valence-corrected chi connectivity index (χ0v) is 17.1. The van der Waals surface area contributed by atoms with Crippen LogP contribution in [0.15, 0.2) is 54.6 Å². The summed E-state index contributed by atoms with van der Waals surface area (Å²) < 4.78 is 6.11. The number of nitriles is 1. The lowest BCUT2D eigenvalue weighted by molar-refractivity contribution is -0.0770. The number of carbonyl (C=O) groups excluding carboxylic acids is 1. The van der Waals surface area contributed by atoms with Crippen molar-refractivity contribution in [2.24, 2.45) is 5.41 Å². The van der Waals surface area contributed by atoms with Crippen LogP contribution in [-0.4, -0.2) is 17.5 Å². The van der Waals surface area contributed by atoms with Gasteiger partial charge >= 0.3 is 6.09 Å².